The third-order valence-electron chi connectivity index (χ3n) is 1.36. The Hall–Kier alpha value is -0.170. The van der Waals surface area contributed by atoms with Crippen LogP contribution in [-0.2, 0) is 10.2 Å². The first kappa shape index (κ1) is 7.93. The van der Waals surface area contributed by atoms with Gasteiger partial charge in [0.1, 0.15) is 0 Å². The van der Waals surface area contributed by atoms with E-state index in [2.05, 4.69) is 4.72 Å². The first-order chi connectivity index (χ1) is 4.67. The Morgan fingerprint density at radius 1 is 1.60 bits per heavy atom. The molecule has 0 unspecified atom stereocenters. The summed E-state index contributed by atoms with van der Waals surface area (Å²) in [5.41, 5.74) is 5.20. The zero-order valence-corrected chi connectivity index (χ0v) is 6.39. The molecule has 1 aliphatic heterocycles. The highest BCUT2D eigenvalue weighted by Crippen LogP contribution is 2.01. The van der Waals surface area contributed by atoms with Crippen LogP contribution in [0.2, 0.25) is 0 Å². The van der Waals surface area contributed by atoms with Gasteiger partial charge < -0.3 is 5.73 Å². The first-order valence-corrected chi connectivity index (χ1v) is 4.55. The highest BCUT2D eigenvalue weighted by Gasteiger charge is 2.26. The van der Waals surface area contributed by atoms with Crippen LogP contribution in [0.4, 0.5) is 0 Å². The van der Waals surface area contributed by atoms with Crippen molar-refractivity contribution in [1.29, 1.82) is 0 Å². The van der Waals surface area contributed by atoms with E-state index in [0.29, 0.717) is 26.2 Å². The molecule has 3 N–H and O–H groups in total. The van der Waals surface area contributed by atoms with E-state index in [-0.39, 0.29) is 0 Å². The van der Waals surface area contributed by atoms with E-state index in [9.17, 15) is 8.42 Å². The van der Waals surface area contributed by atoms with Gasteiger partial charge in [-0.3, -0.25) is 0 Å². The maximum Gasteiger partial charge on any atom is 0.279 e. The Labute approximate surface area is 60.4 Å². The summed E-state index contributed by atoms with van der Waals surface area (Å²) in [4.78, 5) is 0. The summed E-state index contributed by atoms with van der Waals surface area (Å²) in [5, 5.41) is 0. The number of nitrogens with zero attached hydrogens (tertiary/aromatic N) is 1. The second kappa shape index (κ2) is 2.83. The summed E-state index contributed by atoms with van der Waals surface area (Å²) < 4.78 is 25.5. The van der Waals surface area contributed by atoms with E-state index in [4.69, 9.17) is 5.73 Å². The molecule has 1 heterocycles. The zero-order valence-electron chi connectivity index (χ0n) is 5.58. The topological polar surface area (TPSA) is 75.4 Å². The predicted molar refractivity (Wildman–Crippen MR) is 37.5 cm³/mol. The standard InChI is InChI=1S/C4H11N3O2S/c5-1-3-7-4-2-6-10(7,8)9/h6H,1-5H2. The fourth-order valence-corrected chi connectivity index (χ4v) is 2.10. The van der Waals surface area contributed by atoms with E-state index >= 15 is 0 Å². The predicted octanol–water partition coefficient (Wildman–Crippen LogP) is -1.90. The maximum atomic E-state index is 10.9. The van der Waals surface area contributed by atoms with Gasteiger partial charge in [0.25, 0.3) is 10.2 Å². The van der Waals surface area contributed by atoms with Crippen molar-refractivity contribution in [2.45, 2.75) is 0 Å². The molecule has 0 aliphatic carbocycles. The molecular formula is C4H11N3O2S. The molecule has 0 radical (unpaired) electrons. The van der Waals surface area contributed by atoms with Crippen molar-refractivity contribution in [2.75, 3.05) is 26.2 Å². The third-order valence-corrected chi connectivity index (χ3v) is 2.98. The van der Waals surface area contributed by atoms with Crippen molar-refractivity contribution in [1.82, 2.24) is 9.03 Å². The van der Waals surface area contributed by atoms with Crippen LogP contribution in [0.3, 0.4) is 0 Å². The quantitative estimate of drug-likeness (QED) is 0.501. The van der Waals surface area contributed by atoms with Crippen LogP contribution >= 0.6 is 0 Å². The summed E-state index contributed by atoms with van der Waals surface area (Å²) in [7, 11) is -3.15. The molecule has 1 fully saturated rings. The molecule has 0 aromatic rings. The highest BCUT2D eigenvalue weighted by molar-refractivity contribution is 7.87. The minimum Gasteiger partial charge on any atom is -0.329 e. The van der Waals surface area contributed by atoms with Gasteiger partial charge in [0.15, 0.2) is 0 Å². The van der Waals surface area contributed by atoms with Crippen molar-refractivity contribution in [3.63, 3.8) is 0 Å². The second-order valence-corrected chi connectivity index (χ2v) is 3.84. The lowest BCUT2D eigenvalue weighted by Crippen LogP contribution is -2.33. The van der Waals surface area contributed by atoms with Crippen LogP contribution in [-0.4, -0.2) is 38.9 Å². The summed E-state index contributed by atoms with van der Waals surface area (Å²) in [5.74, 6) is 0. The lowest BCUT2D eigenvalue weighted by atomic mass is 10.6. The molecule has 60 valence electrons. The number of nitrogens with two attached hydrogens (primary N) is 1. The molecule has 0 aromatic carbocycles. The molecule has 1 rings (SSSR count). The Bertz CT molecular complexity index is 201. The highest BCUT2D eigenvalue weighted by atomic mass is 32.2. The van der Waals surface area contributed by atoms with Crippen molar-refractivity contribution in [3.05, 3.63) is 0 Å². The van der Waals surface area contributed by atoms with E-state index in [0.717, 1.165) is 0 Å². The third kappa shape index (κ3) is 1.46. The summed E-state index contributed by atoms with van der Waals surface area (Å²) in [6.07, 6.45) is 0. The molecule has 0 saturated carbocycles. The maximum absolute atomic E-state index is 10.9. The normalized spacial score (nSPS) is 25.3. The van der Waals surface area contributed by atoms with Gasteiger partial charge in [-0.2, -0.15) is 12.7 Å². The zero-order chi connectivity index (χ0) is 7.61. The molecule has 0 amide bonds. The number of hydrogen-bond donors (Lipinski definition) is 2. The van der Waals surface area contributed by atoms with Crippen LogP contribution in [0.25, 0.3) is 0 Å². The van der Waals surface area contributed by atoms with Crippen LogP contribution < -0.4 is 10.5 Å². The SMILES string of the molecule is NCCN1CCNS1(=O)=O. The van der Waals surface area contributed by atoms with Crippen molar-refractivity contribution in [2.24, 2.45) is 5.73 Å². The largest absolute Gasteiger partial charge is 0.329 e. The van der Waals surface area contributed by atoms with E-state index in [1.807, 2.05) is 0 Å². The second-order valence-electron chi connectivity index (χ2n) is 2.09. The van der Waals surface area contributed by atoms with Crippen molar-refractivity contribution in [3.8, 4) is 0 Å². The Kier molecular flexibility index (Phi) is 2.24. The van der Waals surface area contributed by atoms with Gasteiger partial charge in [-0.15, -0.1) is 0 Å². The van der Waals surface area contributed by atoms with Crippen LogP contribution in [0.15, 0.2) is 0 Å². The Morgan fingerprint density at radius 2 is 2.30 bits per heavy atom. The van der Waals surface area contributed by atoms with Crippen LogP contribution in [0.5, 0.6) is 0 Å². The number of hydrogen-bond acceptors (Lipinski definition) is 3. The molecule has 1 aliphatic rings. The monoisotopic (exact) mass is 165 g/mol. The minimum absolute atomic E-state index is 0.376. The number of rotatable bonds is 2. The van der Waals surface area contributed by atoms with Crippen molar-refractivity contribution >= 4 is 10.2 Å². The Balaban J connectivity index is 2.60. The van der Waals surface area contributed by atoms with E-state index in [1.54, 1.807) is 0 Å². The summed E-state index contributed by atoms with van der Waals surface area (Å²) in [6.45, 7) is 1.83. The first-order valence-electron chi connectivity index (χ1n) is 3.11. The van der Waals surface area contributed by atoms with Gasteiger partial charge in [-0.1, -0.05) is 0 Å². The molecule has 0 bridgehead atoms. The van der Waals surface area contributed by atoms with Gasteiger partial charge in [-0.05, 0) is 0 Å². The average molecular weight is 165 g/mol. The molecular weight excluding hydrogens is 154 g/mol. The fraction of sp³-hybridized carbons (Fsp3) is 1.00. The van der Waals surface area contributed by atoms with Gasteiger partial charge in [-0.25, -0.2) is 4.72 Å². The number of nitrogens with one attached hydrogen (secondary N) is 1. The molecule has 6 heteroatoms. The van der Waals surface area contributed by atoms with Gasteiger partial charge in [0.2, 0.25) is 0 Å². The Morgan fingerprint density at radius 3 is 2.70 bits per heavy atom. The van der Waals surface area contributed by atoms with Gasteiger partial charge in [0, 0.05) is 26.2 Å². The van der Waals surface area contributed by atoms with E-state index in [1.165, 1.54) is 4.31 Å². The lowest BCUT2D eigenvalue weighted by Gasteiger charge is -2.10. The lowest BCUT2D eigenvalue weighted by molar-refractivity contribution is 0.458. The smallest absolute Gasteiger partial charge is 0.279 e. The molecule has 5 nitrogen and oxygen atoms in total. The minimum atomic E-state index is -3.15. The van der Waals surface area contributed by atoms with E-state index < -0.39 is 10.2 Å². The molecule has 1 saturated heterocycles. The van der Waals surface area contributed by atoms with Crippen molar-refractivity contribution < 1.29 is 8.42 Å². The summed E-state index contributed by atoms with van der Waals surface area (Å²) in [6, 6.07) is 0. The fourth-order valence-electron chi connectivity index (χ4n) is 0.887. The summed E-state index contributed by atoms with van der Waals surface area (Å²) >= 11 is 0. The molecule has 0 spiro atoms. The van der Waals surface area contributed by atoms with Gasteiger partial charge in [0.05, 0.1) is 0 Å². The van der Waals surface area contributed by atoms with Crippen LogP contribution in [0.1, 0.15) is 0 Å². The molecule has 0 aromatic heterocycles. The molecule has 10 heavy (non-hydrogen) atoms. The molecule has 0 atom stereocenters. The average Bonchev–Trinajstić information content (AvgIpc) is 2.13. The van der Waals surface area contributed by atoms with Crippen LogP contribution in [0, 0.1) is 0 Å². The van der Waals surface area contributed by atoms with Gasteiger partial charge >= 0.3 is 0 Å².